The molecule has 3 aromatic rings. The Labute approximate surface area is 161 Å². The van der Waals surface area contributed by atoms with Gasteiger partial charge in [0.25, 0.3) is 0 Å². The molecule has 138 valence electrons. The summed E-state index contributed by atoms with van der Waals surface area (Å²) in [6, 6.07) is 16.6. The van der Waals surface area contributed by atoms with Crippen molar-refractivity contribution in [3.63, 3.8) is 0 Å². The highest BCUT2D eigenvalue weighted by atomic mass is 32.2. The average Bonchev–Trinajstić information content (AvgIpc) is 2.93. The number of nitrogens with zero attached hydrogens (tertiary/aromatic N) is 3. The number of carboxylic acids is 1. The van der Waals surface area contributed by atoms with E-state index in [1.807, 2.05) is 49.0 Å². The lowest BCUT2D eigenvalue weighted by Gasteiger charge is -2.04. The Bertz CT molecular complexity index is 951. The van der Waals surface area contributed by atoms with Crippen LogP contribution >= 0.6 is 11.8 Å². The van der Waals surface area contributed by atoms with Crippen LogP contribution in [0.2, 0.25) is 0 Å². The SMILES string of the molecule is Cc1nn(C)c(Sc2ccccc2)c1C=NOCc1ccc(C(=O)O)cc1. The maximum atomic E-state index is 10.9. The molecular weight excluding hydrogens is 362 g/mol. The van der Waals surface area contributed by atoms with Crippen molar-refractivity contribution in [2.24, 2.45) is 12.2 Å². The number of carbonyl (C=O) groups is 1. The molecule has 0 fully saturated rings. The lowest BCUT2D eigenvalue weighted by Crippen LogP contribution is -1.96. The highest BCUT2D eigenvalue weighted by molar-refractivity contribution is 7.99. The van der Waals surface area contributed by atoms with Crippen LogP contribution in [0.15, 0.2) is 69.7 Å². The first-order valence-electron chi connectivity index (χ1n) is 8.28. The summed E-state index contributed by atoms with van der Waals surface area (Å²) in [6.45, 7) is 2.19. The van der Waals surface area contributed by atoms with Gasteiger partial charge >= 0.3 is 5.97 Å². The number of oxime groups is 1. The summed E-state index contributed by atoms with van der Waals surface area (Å²) in [5.41, 5.74) is 2.87. The third-order valence-electron chi connectivity index (χ3n) is 3.86. The molecule has 3 rings (SSSR count). The molecule has 0 atom stereocenters. The van der Waals surface area contributed by atoms with Crippen molar-refractivity contribution < 1.29 is 14.7 Å². The van der Waals surface area contributed by atoms with Crippen LogP contribution in [0, 0.1) is 6.92 Å². The van der Waals surface area contributed by atoms with E-state index in [0.717, 1.165) is 26.7 Å². The van der Waals surface area contributed by atoms with E-state index < -0.39 is 5.97 Å². The van der Waals surface area contributed by atoms with Gasteiger partial charge in [0.15, 0.2) is 0 Å². The standard InChI is InChI=1S/C20H19N3O3S/c1-14-18(19(23(2)22-14)27-17-6-4-3-5-7-17)12-21-26-13-15-8-10-16(11-9-15)20(24)25/h3-12H,13H2,1-2H3,(H,24,25). The Balaban J connectivity index is 1.67. The molecule has 1 heterocycles. The third kappa shape index (κ3) is 4.77. The summed E-state index contributed by atoms with van der Waals surface area (Å²) in [4.78, 5) is 17.4. The van der Waals surface area contributed by atoms with Crippen LogP contribution in [-0.4, -0.2) is 27.1 Å². The van der Waals surface area contributed by atoms with Gasteiger partial charge in [0.1, 0.15) is 11.6 Å². The molecular formula is C20H19N3O3S. The molecule has 0 aliphatic rings. The minimum absolute atomic E-state index is 0.246. The monoisotopic (exact) mass is 381 g/mol. The third-order valence-corrected chi connectivity index (χ3v) is 5.05. The van der Waals surface area contributed by atoms with Crippen molar-refractivity contribution in [3.8, 4) is 0 Å². The molecule has 2 aromatic carbocycles. The number of hydrogen-bond acceptors (Lipinski definition) is 5. The van der Waals surface area contributed by atoms with Gasteiger partial charge in [0, 0.05) is 11.9 Å². The van der Waals surface area contributed by atoms with Gasteiger partial charge in [-0.2, -0.15) is 5.10 Å². The maximum absolute atomic E-state index is 10.9. The zero-order valence-corrected chi connectivity index (χ0v) is 15.8. The van der Waals surface area contributed by atoms with E-state index in [0.29, 0.717) is 0 Å². The number of rotatable bonds is 7. The van der Waals surface area contributed by atoms with Crippen molar-refractivity contribution in [1.29, 1.82) is 0 Å². The summed E-state index contributed by atoms with van der Waals surface area (Å²) in [6.07, 6.45) is 1.67. The van der Waals surface area contributed by atoms with Crippen molar-refractivity contribution in [3.05, 3.63) is 77.0 Å². The molecule has 0 bridgehead atoms. The minimum Gasteiger partial charge on any atom is -0.478 e. The van der Waals surface area contributed by atoms with Gasteiger partial charge in [-0.25, -0.2) is 4.79 Å². The predicted molar refractivity (Wildman–Crippen MR) is 104 cm³/mol. The van der Waals surface area contributed by atoms with Crippen LogP contribution in [0.4, 0.5) is 0 Å². The van der Waals surface area contributed by atoms with Gasteiger partial charge in [-0.05, 0) is 36.8 Å². The first kappa shape index (κ1) is 18.7. The van der Waals surface area contributed by atoms with Crippen molar-refractivity contribution in [2.45, 2.75) is 23.5 Å². The zero-order valence-electron chi connectivity index (χ0n) is 15.0. The molecule has 6 nitrogen and oxygen atoms in total. The lowest BCUT2D eigenvalue weighted by molar-refractivity contribution is 0.0696. The van der Waals surface area contributed by atoms with E-state index in [4.69, 9.17) is 9.94 Å². The normalized spacial score (nSPS) is 11.0. The second-order valence-corrected chi connectivity index (χ2v) is 6.92. The number of benzene rings is 2. The van der Waals surface area contributed by atoms with Gasteiger partial charge in [0.05, 0.1) is 23.0 Å². The molecule has 1 N–H and O–H groups in total. The van der Waals surface area contributed by atoms with Crippen molar-refractivity contribution >= 4 is 23.9 Å². The van der Waals surface area contributed by atoms with E-state index in [-0.39, 0.29) is 12.2 Å². The van der Waals surface area contributed by atoms with Crippen molar-refractivity contribution in [1.82, 2.24) is 9.78 Å². The smallest absolute Gasteiger partial charge is 0.335 e. The lowest BCUT2D eigenvalue weighted by atomic mass is 10.1. The van der Waals surface area contributed by atoms with Crippen molar-refractivity contribution in [2.75, 3.05) is 0 Å². The molecule has 0 unspecified atom stereocenters. The van der Waals surface area contributed by atoms with Crippen LogP contribution in [0.3, 0.4) is 0 Å². The van der Waals surface area contributed by atoms with Crippen LogP contribution < -0.4 is 0 Å². The summed E-state index contributed by atoms with van der Waals surface area (Å²) >= 11 is 1.62. The maximum Gasteiger partial charge on any atom is 0.335 e. The molecule has 0 saturated heterocycles. The summed E-state index contributed by atoms with van der Waals surface area (Å²) in [7, 11) is 1.90. The topological polar surface area (TPSA) is 76.7 Å². The average molecular weight is 381 g/mol. The fourth-order valence-electron chi connectivity index (χ4n) is 2.47. The minimum atomic E-state index is -0.948. The molecule has 0 aliphatic heterocycles. The molecule has 0 aliphatic carbocycles. The highest BCUT2D eigenvalue weighted by Crippen LogP contribution is 2.30. The Morgan fingerprint density at radius 1 is 1.22 bits per heavy atom. The molecule has 0 amide bonds. The van der Waals surface area contributed by atoms with E-state index in [9.17, 15) is 4.79 Å². The van der Waals surface area contributed by atoms with Gasteiger partial charge < -0.3 is 9.94 Å². The second-order valence-electron chi connectivity index (χ2n) is 5.85. The van der Waals surface area contributed by atoms with Crippen LogP contribution in [-0.2, 0) is 18.5 Å². The fraction of sp³-hybridized carbons (Fsp3) is 0.150. The van der Waals surface area contributed by atoms with E-state index in [1.165, 1.54) is 0 Å². The second kappa shape index (κ2) is 8.55. The van der Waals surface area contributed by atoms with Crippen LogP contribution in [0.25, 0.3) is 0 Å². The van der Waals surface area contributed by atoms with Gasteiger partial charge in [-0.1, -0.05) is 47.2 Å². The van der Waals surface area contributed by atoms with E-state index in [1.54, 1.807) is 42.2 Å². The number of carboxylic acid groups (broad SMARTS) is 1. The van der Waals surface area contributed by atoms with Gasteiger partial charge in [0.2, 0.25) is 0 Å². The molecule has 0 radical (unpaired) electrons. The quantitative estimate of drug-likeness (QED) is 0.492. The summed E-state index contributed by atoms with van der Waals surface area (Å²) < 4.78 is 1.83. The fourth-order valence-corrected chi connectivity index (χ4v) is 3.47. The highest BCUT2D eigenvalue weighted by Gasteiger charge is 2.13. The molecule has 1 aromatic heterocycles. The Morgan fingerprint density at radius 2 is 1.93 bits per heavy atom. The summed E-state index contributed by atoms with van der Waals surface area (Å²) in [5.74, 6) is -0.948. The van der Waals surface area contributed by atoms with Gasteiger partial charge in [-0.15, -0.1) is 0 Å². The Kier molecular flexibility index (Phi) is 5.93. The number of hydrogen-bond donors (Lipinski definition) is 1. The Morgan fingerprint density at radius 3 is 2.59 bits per heavy atom. The van der Waals surface area contributed by atoms with E-state index >= 15 is 0 Å². The molecule has 27 heavy (non-hydrogen) atoms. The first-order valence-corrected chi connectivity index (χ1v) is 9.10. The number of aromatic nitrogens is 2. The molecule has 0 spiro atoms. The zero-order chi connectivity index (χ0) is 19.2. The molecule has 0 saturated carbocycles. The Hall–Kier alpha value is -3.06. The number of aromatic carboxylic acids is 1. The molecule has 7 heteroatoms. The number of aryl methyl sites for hydroxylation is 2. The van der Waals surface area contributed by atoms with Crippen LogP contribution in [0.5, 0.6) is 0 Å². The van der Waals surface area contributed by atoms with Crippen LogP contribution in [0.1, 0.15) is 27.2 Å². The van der Waals surface area contributed by atoms with Gasteiger partial charge in [-0.3, -0.25) is 4.68 Å². The predicted octanol–water partition coefficient (Wildman–Crippen LogP) is 4.13. The van der Waals surface area contributed by atoms with E-state index in [2.05, 4.69) is 10.3 Å². The largest absolute Gasteiger partial charge is 0.478 e. The first-order chi connectivity index (χ1) is 13.0. The summed E-state index contributed by atoms with van der Waals surface area (Å²) in [5, 5.41) is 18.4.